The molecule has 2 N–H and O–H groups in total. The van der Waals surface area contributed by atoms with Crippen molar-refractivity contribution in [2.45, 2.75) is 51.9 Å². The Hall–Kier alpha value is -4.16. The van der Waals surface area contributed by atoms with Gasteiger partial charge in [-0.25, -0.2) is 14.0 Å². The summed E-state index contributed by atoms with van der Waals surface area (Å²) in [5, 5.41) is 15.7. The van der Waals surface area contributed by atoms with Crippen LogP contribution in [-0.4, -0.2) is 43.6 Å². The number of carboxylic acids is 1. The lowest BCUT2D eigenvalue weighted by Crippen LogP contribution is -2.32. The molecule has 2 heterocycles. The lowest BCUT2D eigenvalue weighted by Gasteiger charge is -2.20. The van der Waals surface area contributed by atoms with E-state index in [0.29, 0.717) is 37.3 Å². The maximum absolute atomic E-state index is 15.2. The number of hydrogen-bond acceptors (Lipinski definition) is 5. The van der Waals surface area contributed by atoms with Crippen molar-refractivity contribution >= 4 is 17.6 Å². The number of anilines is 1. The molecule has 1 aliphatic heterocycles. The molecule has 4 rings (SSSR count). The molecule has 0 bridgehead atoms. The smallest absolute Gasteiger partial charge is 0.425 e. The Balaban J connectivity index is 1.79. The number of aromatic nitrogens is 3. The summed E-state index contributed by atoms with van der Waals surface area (Å²) in [6.07, 6.45) is -5.20. The first-order chi connectivity index (χ1) is 17.4. The molecule has 1 atom stereocenters. The normalized spacial score (nSPS) is 14.1. The predicted molar refractivity (Wildman–Crippen MR) is 123 cm³/mol. The van der Waals surface area contributed by atoms with Gasteiger partial charge < -0.3 is 15.2 Å². The first-order valence-corrected chi connectivity index (χ1v) is 11.3. The minimum Gasteiger partial charge on any atom is -0.480 e. The highest BCUT2D eigenvalue weighted by Gasteiger charge is 2.39. The molecule has 0 saturated carbocycles. The van der Waals surface area contributed by atoms with Crippen LogP contribution < -0.4 is 15.7 Å². The van der Waals surface area contributed by atoms with Crippen molar-refractivity contribution in [2.75, 3.05) is 5.32 Å². The molecule has 0 fully saturated rings. The number of ether oxygens (including phenoxy) is 1. The van der Waals surface area contributed by atoms with Crippen LogP contribution in [0.4, 0.5) is 23.2 Å². The molecule has 0 spiro atoms. The first kappa shape index (κ1) is 25.9. The fraction of sp³-hybridized carbons (Fsp3) is 0.333. The summed E-state index contributed by atoms with van der Waals surface area (Å²) in [7, 11) is 0. The third-order valence-corrected chi connectivity index (χ3v) is 5.99. The van der Waals surface area contributed by atoms with E-state index in [1.54, 1.807) is 6.92 Å². The standard InChI is InChI=1S/C24H22F4N4O5/c1-12-6-7-14(22(34)35)9-17(12)29-21(33)15-10-16(25)18(11-19(15)37-13(2)24(26,27)28)32-23(36)31-8-4-3-5-20(31)30-32/h6-7,9-11,13H,3-5,8H2,1-2H3,(H,29,33)(H,34,35)/t13-/m0/s1. The zero-order valence-corrected chi connectivity index (χ0v) is 19.7. The number of hydrogen-bond donors (Lipinski definition) is 2. The largest absolute Gasteiger partial charge is 0.480 e. The second-order valence-electron chi connectivity index (χ2n) is 8.61. The van der Waals surface area contributed by atoms with E-state index in [1.807, 2.05) is 0 Å². The molecule has 9 nitrogen and oxygen atoms in total. The van der Waals surface area contributed by atoms with Gasteiger partial charge in [0.1, 0.15) is 23.1 Å². The number of aryl methyl sites for hydroxylation is 2. The Morgan fingerprint density at radius 1 is 1.19 bits per heavy atom. The molecular weight excluding hydrogens is 500 g/mol. The summed E-state index contributed by atoms with van der Waals surface area (Å²) in [6.45, 7) is 2.66. The van der Waals surface area contributed by atoms with Gasteiger partial charge in [0, 0.05) is 24.7 Å². The number of rotatable bonds is 6. The number of amides is 1. The molecule has 1 amide bonds. The SMILES string of the molecule is Cc1ccc(C(=O)O)cc1NC(=O)c1cc(F)c(-n2nc3n(c2=O)CCCC3)cc1O[C@@H](C)C(F)(F)F. The van der Waals surface area contributed by atoms with E-state index >= 15 is 4.39 Å². The zero-order chi connectivity index (χ0) is 27.1. The highest BCUT2D eigenvalue weighted by molar-refractivity contribution is 6.07. The van der Waals surface area contributed by atoms with Crippen LogP contribution in [0.3, 0.4) is 0 Å². The van der Waals surface area contributed by atoms with Gasteiger partial charge in [-0.3, -0.25) is 9.36 Å². The number of carboxylic acid groups (broad SMARTS) is 1. The molecule has 3 aromatic rings. The number of carbonyl (C=O) groups excluding carboxylic acids is 1. The first-order valence-electron chi connectivity index (χ1n) is 11.3. The van der Waals surface area contributed by atoms with E-state index in [9.17, 15) is 32.7 Å². The second kappa shape index (κ2) is 9.71. The van der Waals surface area contributed by atoms with Gasteiger partial charge in [0.05, 0.1) is 11.1 Å². The van der Waals surface area contributed by atoms with E-state index in [4.69, 9.17) is 4.74 Å². The monoisotopic (exact) mass is 522 g/mol. The summed E-state index contributed by atoms with van der Waals surface area (Å²) in [5.41, 5.74) is -1.36. The maximum atomic E-state index is 15.2. The van der Waals surface area contributed by atoms with Crippen LogP contribution in [0.2, 0.25) is 0 Å². The number of aromatic carboxylic acids is 1. The van der Waals surface area contributed by atoms with Gasteiger partial charge in [-0.15, -0.1) is 5.10 Å². The van der Waals surface area contributed by atoms with Gasteiger partial charge in [-0.2, -0.15) is 17.9 Å². The lowest BCUT2D eigenvalue weighted by molar-refractivity contribution is -0.189. The molecule has 0 saturated heterocycles. The average Bonchev–Trinajstić information content (AvgIpc) is 3.16. The van der Waals surface area contributed by atoms with Crippen molar-refractivity contribution in [3.63, 3.8) is 0 Å². The number of nitrogens with one attached hydrogen (secondary N) is 1. The highest BCUT2D eigenvalue weighted by atomic mass is 19.4. The van der Waals surface area contributed by atoms with Crippen molar-refractivity contribution < 1.29 is 37.0 Å². The van der Waals surface area contributed by atoms with Crippen molar-refractivity contribution in [1.82, 2.24) is 14.3 Å². The Kier molecular flexibility index (Phi) is 6.80. The number of alkyl halides is 3. The topological polar surface area (TPSA) is 115 Å². The Morgan fingerprint density at radius 3 is 2.57 bits per heavy atom. The number of benzene rings is 2. The molecule has 0 radical (unpaired) electrons. The van der Waals surface area contributed by atoms with Gasteiger partial charge in [-0.1, -0.05) is 6.07 Å². The third kappa shape index (κ3) is 5.20. The lowest BCUT2D eigenvalue weighted by atomic mass is 10.1. The fourth-order valence-electron chi connectivity index (χ4n) is 3.87. The predicted octanol–water partition coefficient (Wildman–Crippen LogP) is 4.10. The van der Waals surface area contributed by atoms with Gasteiger partial charge in [0.25, 0.3) is 5.91 Å². The quantitative estimate of drug-likeness (QED) is 0.471. The Morgan fingerprint density at radius 2 is 1.92 bits per heavy atom. The molecule has 1 aromatic heterocycles. The van der Waals surface area contributed by atoms with Gasteiger partial charge in [0.15, 0.2) is 6.10 Å². The summed E-state index contributed by atoms with van der Waals surface area (Å²) in [4.78, 5) is 37.1. The highest BCUT2D eigenvalue weighted by Crippen LogP contribution is 2.31. The van der Waals surface area contributed by atoms with Crippen LogP contribution in [-0.2, 0) is 13.0 Å². The van der Waals surface area contributed by atoms with E-state index < -0.39 is 52.7 Å². The molecule has 13 heteroatoms. The van der Waals surface area contributed by atoms with Crippen LogP contribution >= 0.6 is 0 Å². The number of carbonyl (C=O) groups is 2. The number of fused-ring (bicyclic) bond motifs is 1. The van der Waals surface area contributed by atoms with Crippen molar-refractivity contribution in [2.24, 2.45) is 0 Å². The minimum atomic E-state index is -4.81. The van der Waals surface area contributed by atoms with Gasteiger partial charge in [0.2, 0.25) is 0 Å². The number of nitrogens with zero attached hydrogens (tertiary/aromatic N) is 3. The maximum Gasteiger partial charge on any atom is 0.425 e. The summed E-state index contributed by atoms with van der Waals surface area (Å²) in [6, 6.07) is 5.38. The molecule has 1 aliphatic rings. The molecule has 0 aliphatic carbocycles. The van der Waals surface area contributed by atoms with Crippen molar-refractivity contribution in [1.29, 1.82) is 0 Å². The molecule has 37 heavy (non-hydrogen) atoms. The fourth-order valence-corrected chi connectivity index (χ4v) is 3.87. The van der Waals surface area contributed by atoms with Crippen molar-refractivity contribution in [3.8, 4) is 11.4 Å². The number of halogens is 4. The van der Waals surface area contributed by atoms with Crippen molar-refractivity contribution in [3.05, 3.63) is 69.1 Å². The Bertz CT molecular complexity index is 1440. The van der Waals surface area contributed by atoms with Gasteiger partial charge in [-0.05, 0) is 50.5 Å². The molecule has 196 valence electrons. The Labute approximate surface area is 207 Å². The zero-order valence-electron chi connectivity index (χ0n) is 19.7. The van der Waals surface area contributed by atoms with Crippen LogP contribution in [0.1, 0.15) is 51.9 Å². The van der Waals surface area contributed by atoms with E-state index in [1.165, 1.54) is 16.7 Å². The van der Waals surface area contributed by atoms with E-state index in [2.05, 4.69) is 10.4 Å². The van der Waals surface area contributed by atoms with Crippen LogP contribution in [0.15, 0.2) is 35.1 Å². The molecule has 0 unspecified atom stereocenters. The average molecular weight is 522 g/mol. The van der Waals surface area contributed by atoms with Gasteiger partial charge >= 0.3 is 17.8 Å². The molecule has 2 aromatic carbocycles. The summed E-state index contributed by atoms with van der Waals surface area (Å²) in [5.74, 6) is -3.62. The van der Waals surface area contributed by atoms with E-state index in [0.717, 1.165) is 29.7 Å². The summed E-state index contributed by atoms with van der Waals surface area (Å²) >= 11 is 0. The summed E-state index contributed by atoms with van der Waals surface area (Å²) < 4.78 is 62.2. The van der Waals surface area contributed by atoms with E-state index in [-0.39, 0.29) is 11.3 Å². The van der Waals surface area contributed by atoms with Crippen LogP contribution in [0, 0.1) is 12.7 Å². The second-order valence-corrected chi connectivity index (χ2v) is 8.61. The van der Waals surface area contributed by atoms with Crippen LogP contribution in [0.25, 0.3) is 5.69 Å². The van der Waals surface area contributed by atoms with Crippen LogP contribution in [0.5, 0.6) is 5.75 Å². The molecular formula is C24H22F4N4O5. The minimum absolute atomic E-state index is 0.0576. The third-order valence-electron chi connectivity index (χ3n) is 5.99.